The number of hydrogen-bond donors (Lipinski definition) is 0. The Morgan fingerprint density at radius 1 is 0.812 bits per heavy atom. The zero-order valence-corrected chi connectivity index (χ0v) is 19.9. The van der Waals surface area contributed by atoms with Crippen molar-refractivity contribution in [3.05, 3.63) is 35.4 Å². The Balaban J connectivity index is 1.87. The zero-order valence-electron chi connectivity index (χ0n) is 19.9. The largest absolute Gasteiger partial charge is 0.465 e. The van der Waals surface area contributed by atoms with Crippen LogP contribution in [0.4, 0.5) is 0 Å². The molecule has 1 saturated carbocycles. The number of benzene rings is 1. The fourth-order valence-corrected chi connectivity index (χ4v) is 3.66. The molecule has 0 atom stereocenters. The minimum absolute atomic E-state index is 0.199. The molecule has 2 rings (SSSR count). The number of unbranched alkanes of at least 4 members (excludes halogenated alkanes) is 6. The average molecular weight is 445 g/mol. The van der Waals surface area contributed by atoms with Crippen molar-refractivity contribution >= 4 is 17.7 Å². The molecule has 0 amide bonds. The predicted octanol–water partition coefficient (Wildman–Crippen LogP) is 6.08. The van der Waals surface area contributed by atoms with Gasteiger partial charge >= 0.3 is 11.9 Å². The summed E-state index contributed by atoms with van der Waals surface area (Å²) < 4.78 is 10.8. The summed E-state index contributed by atoms with van der Waals surface area (Å²) in [6, 6.07) is 7.53. The van der Waals surface area contributed by atoms with Crippen LogP contribution in [0, 0.1) is 11.8 Å². The maximum Gasteiger partial charge on any atom is 0.320 e. The van der Waals surface area contributed by atoms with Gasteiger partial charge in [0.1, 0.15) is 0 Å². The minimum atomic E-state index is -0.903. The van der Waals surface area contributed by atoms with E-state index in [9.17, 15) is 14.4 Å². The first kappa shape index (κ1) is 26.1. The molecule has 0 bridgehead atoms. The molecule has 0 aliphatic heterocycles. The molecule has 0 saturated heterocycles. The first-order valence-electron chi connectivity index (χ1n) is 12.5. The Bertz CT molecular complexity index is 679. The smallest absolute Gasteiger partial charge is 0.320 e. The fourth-order valence-electron chi connectivity index (χ4n) is 3.66. The molecule has 1 aliphatic rings. The Labute approximate surface area is 193 Å². The van der Waals surface area contributed by atoms with Crippen molar-refractivity contribution < 1.29 is 23.9 Å². The zero-order chi connectivity index (χ0) is 23.2. The molecule has 0 heterocycles. The molecule has 1 fully saturated rings. The van der Waals surface area contributed by atoms with Crippen molar-refractivity contribution in [3.8, 4) is 0 Å². The molecule has 0 aromatic heterocycles. The van der Waals surface area contributed by atoms with Crippen molar-refractivity contribution in [1.29, 1.82) is 0 Å². The second kappa shape index (κ2) is 14.8. The van der Waals surface area contributed by atoms with Crippen LogP contribution in [0.3, 0.4) is 0 Å². The Hall–Kier alpha value is -2.17. The van der Waals surface area contributed by atoms with Gasteiger partial charge in [0, 0.05) is 11.5 Å². The third-order valence-corrected chi connectivity index (χ3v) is 5.96. The van der Waals surface area contributed by atoms with E-state index in [-0.39, 0.29) is 11.7 Å². The summed E-state index contributed by atoms with van der Waals surface area (Å²) in [7, 11) is 0. The lowest BCUT2D eigenvalue weighted by molar-refractivity contribution is -0.162. The highest BCUT2D eigenvalue weighted by atomic mass is 16.6. The third-order valence-electron chi connectivity index (χ3n) is 5.96. The van der Waals surface area contributed by atoms with E-state index in [1.165, 1.54) is 0 Å². The summed E-state index contributed by atoms with van der Waals surface area (Å²) in [6.07, 6.45) is 11.0. The van der Waals surface area contributed by atoms with E-state index in [0.29, 0.717) is 26.1 Å². The van der Waals surface area contributed by atoms with Crippen LogP contribution in [0.2, 0.25) is 0 Å². The highest BCUT2D eigenvalue weighted by Crippen LogP contribution is 2.32. The number of carbonyl (C=O) groups excluding carboxylic acids is 3. The van der Waals surface area contributed by atoms with E-state index in [0.717, 1.165) is 75.3 Å². The minimum Gasteiger partial charge on any atom is -0.465 e. The molecular weight excluding hydrogens is 404 g/mol. The highest BCUT2D eigenvalue weighted by molar-refractivity contribution is 5.99. The van der Waals surface area contributed by atoms with Crippen LogP contribution in [0.1, 0.15) is 100 Å². The molecule has 0 N–H and O–H groups in total. The number of Topliss-reactive ketones (excluding diaryl/α,β-unsaturated/α-hetero) is 1. The molecular formula is C27H40O5. The number of hydrogen-bond acceptors (Lipinski definition) is 5. The van der Waals surface area contributed by atoms with Crippen molar-refractivity contribution in [1.82, 2.24) is 0 Å². The van der Waals surface area contributed by atoms with Crippen LogP contribution in [0.25, 0.3) is 0 Å². The number of ketones is 1. The lowest BCUT2D eigenvalue weighted by Gasteiger charge is -2.16. The molecule has 0 unspecified atom stereocenters. The SMILES string of the molecule is CCCCCCOC(=O)C(CCc1ccc(C(=O)C2CC2)cc1)C(=O)OCCCCCC. The maximum absolute atomic E-state index is 12.6. The van der Waals surface area contributed by atoms with Crippen molar-refractivity contribution in [2.24, 2.45) is 11.8 Å². The Morgan fingerprint density at radius 3 is 1.81 bits per heavy atom. The number of carbonyl (C=O) groups is 3. The van der Waals surface area contributed by atoms with Gasteiger partial charge in [-0.25, -0.2) is 0 Å². The van der Waals surface area contributed by atoms with Crippen LogP contribution < -0.4 is 0 Å². The Morgan fingerprint density at radius 2 is 1.34 bits per heavy atom. The molecule has 0 radical (unpaired) electrons. The summed E-state index contributed by atoms with van der Waals surface area (Å²) in [5, 5.41) is 0. The van der Waals surface area contributed by atoms with Gasteiger partial charge in [0.15, 0.2) is 11.7 Å². The van der Waals surface area contributed by atoms with E-state index in [1.807, 2.05) is 24.3 Å². The molecule has 32 heavy (non-hydrogen) atoms. The van der Waals surface area contributed by atoms with Gasteiger partial charge < -0.3 is 9.47 Å². The van der Waals surface area contributed by atoms with Gasteiger partial charge in [-0.05, 0) is 44.1 Å². The van der Waals surface area contributed by atoms with Crippen molar-refractivity contribution in [2.45, 2.75) is 90.9 Å². The van der Waals surface area contributed by atoms with Gasteiger partial charge in [-0.3, -0.25) is 14.4 Å². The van der Waals surface area contributed by atoms with Crippen LogP contribution in [-0.2, 0) is 25.5 Å². The standard InChI is InChI=1S/C27H40O5/c1-3-5-7-9-19-31-26(29)24(27(30)32-20-10-8-6-4-2)18-13-21-11-14-22(15-12-21)25(28)23-16-17-23/h11-12,14-15,23-24H,3-10,13,16-20H2,1-2H3. The van der Waals surface area contributed by atoms with E-state index in [4.69, 9.17) is 9.47 Å². The van der Waals surface area contributed by atoms with Gasteiger partial charge in [0.2, 0.25) is 0 Å². The van der Waals surface area contributed by atoms with Crippen LogP contribution in [-0.4, -0.2) is 30.9 Å². The molecule has 5 nitrogen and oxygen atoms in total. The molecule has 1 aliphatic carbocycles. The average Bonchev–Trinajstić information content (AvgIpc) is 3.64. The summed E-state index contributed by atoms with van der Waals surface area (Å²) >= 11 is 0. The number of ether oxygens (including phenoxy) is 2. The lowest BCUT2D eigenvalue weighted by atomic mass is 9.97. The summed E-state index contributed by atoms with van der Waals surface area (Å²) in [5.74, 6) is -1.46. The van der Waals surface area contributed by atoms with E-state index in [2.05, 4.69) is 13.8 Å². The van der Waals surface area contributed by atoms with Crippen molar-refractivity contribution in [2.75, 3.05) is 13.2 Å². The number of aryl methyl sites for hydroxylation is 1. The topological polar surface area (TPSA) is 69.7 Å². The number of rotatable bonds is 17. The van der Waals surface area contributed by atoms with Gasteiger partial charge in [-0.1, -0.05) is 76.6 Å². The molecule has 5 heteroatoms. The van der Waals surface area contributed by atoms with Crippen LogP contribution in [0.5, 0.6) is 0 Å². The monoisotopic (exact) mass is 444 g/mol. The van der Waals surface area contributed by atoms with Crippen LogP contribution >= 0.6 is 0 Å². The van der Waals surface area contributed by atoms with E-state index >= 15 is 0 Å². The van der Waals surface area contributed by atoms with E-state index < -0.39 is 17.9 Å². The molecule has 1 aromatic carbocycles. The first-order chi connectivity index (χ1) is 15.6. The fraction of sp³-hybridized carbons (Fsp3) is 0.667. The second-order valence-electron chi connectivity index (χ2n) is 8.88. The molecule has 0 spiro atoms. The van der Waals surface area contributed by atoms with Crippen molar-refractivity contribution in [3.63, 3.8) is 0 Å². The number of esters is 2. The van der Waals surface area contributed by atoms with Gasteiger partial charge in [-0.15, -0.1) is 0 Å². The highest BCUT2D eigenvalue weighted by Gasteiger charge is 2.31. The summed E-state index contributed by atoms with van der Waals surface area (Å²) in [5.41, 5.74) is 1.74. The Kier molecular flexibility index (Phi) is 12.1. The predicted molar refractivity (Wildman–Crippen MR) is 126 cm³/mol. The molecule has 178 valence electrons. The first-order valence-corrected chi connectivity index (χ1v) is 12.5. The van der Waals surface area contributed by atoms with Crippen LogP contribution in [0.15, 0.2) is 24.3 Å². The van der Waals surface area contributed by atoms with Gasteiger partial charge in [0.05, 0.1) is 13.2 Å². The molecule has 1 aromatic rings. The normalized spacial score (nSPS) is 13.2. The third kappa shape index (κ3) is 9.54. The summed E-state index contributed by atoms with van der Waals surface area (Å²) in [4.78, 5) is 37.4. The summed E-state index contributed by atoms with van der Waals surface area (Å²) in [6.45, 7) is 4.95. The lowest BCUT2D eigenvalue weighted by Crippen LogP contribution is -2.29. The van der Waals surface area contributed by atoms with E-state index in [1.54, 1.807) is 0 Å². The van der Waals surface area contributed by atoms with Gasteiger partial charge in [-0.2, -0.15) is 0 Å². The quantitative estimate of drug-likeness (QED) is 0.126. The maximum atomic E-state index is 12.6. The van der Waals surface area contributed by atoms with Gasteiger partial charge in [0.25, 0.3) is 0 Å². The second-order valence-corrected chi connectivity index (χ2v) is 8.88.